The fourth-order valence-corrected chi connectivity index (χ4v) is 1.58. The quantitative estimate of drug-likeness (QED) is 0.887. The molecule has 94 valence electrons. The van der Waals surface area contributed by atoms with Gasteiger partial charge in [0.2, 0.25) is 5.95 Å². The van der Waals surface area contributed by atoms with E-state index in [1.165, 1.54) is 7.11 Å². The summed E-state index contributed by atoms with van der Waals surface area (Å²) in [5.74, 6) is 0.791. The van der Waals surface area contributed by atoms with E-state index in [0.717, 1.165) is 11.8 Å². The smallest absolute Gasteiger partial charge is 0.271 e. The van der Waals surface area contributed by atoms with Gasteiger partial charge < -0.3 is 10.1 Å². The molecule has 0 spiro atoms. The van der Waals surface area contributed by atoms with E-state index in [4.69, 9.17) is 16.3 Å². The minimum Gasteiger partial charge on any atom is -0.495 e. The molecule has 18 heavy (non-hydrogen) atoms. The van der Waals surface area contributed by atoms with Crippen LogP contribution in [0.25, 0.3) is 0 Å². The number of halogens is 1. The van der Waals surface area contributed by atoms with Gasteiger partial charge in [-0.05, 0) is 18.6 Å². The van der Waals surface area contributed by atoms with Crippen molar-refractivity contribution < 1.29 is 4.74 Å². The Morgan fingerprint density at radius 2 is 2.22 bits per heavy atom. The molecule has 6 nitrogen and oxygen atoms in total. The summed E-state index contributed by atoms with van der Waals surface area (Å²) in [6.07, 6.45) is 1.09. The molecule has 0 aliphatic rings. The minimum absolute atomic E-state index is 0.238. The van der Waals surface area contributed by atoms with Crippen LogP contribution in [0, 0.1) is 6.92 Å². The van der Waals surface area contributed by atoms with Gasteiger partial charge in [-0.3, -0.25) is 9.78 Å². The molecular formula is C11H11ClN4O2. The van der Waals surface area contributed by atoms with Crippen molar-refractivity contribution in [2.45, 2.75) is 6.92 Å². The van der Waals surface area contributed by atoms with Gasteiger partial charge in [0.25, 0.3) is 5.56 Å². The summed E-state index contributed by atoms with van der Waals surface area (Å²) < 4.78 is 5.20. The number of H-pyrrole nitrogens is 1. The number of ether oxygens (including phenoxy) is 1. The van der Waals surface area contributed by atoms with Crippen LogP contribution in [0.5, 0.6) is 5.75 Å². The van der Waals surface area contributed by atoms with Gasteiger partial charge in [0, 0.05) is 11.1 Å². The van der Waals surface area contributed by atoms with Crippen LogP contribution in [-0.2, 0) is 0 Å². The number of aryl methyl sites for hydroxylation is 1. The SMILES string of the molecule is COc1cc(Cl)c(C)cc1Nc1nncc(=O)[nH]1. The molecule has 0 atom stereocenters. The van der Waals surface area contributed by atoms with E-state index in [1.54, 1.807) is 12.1 Å². The van der Waals surface area contributed by atoms with Gasteiger partial charge in [-0.2, -0.15) is 0 Å². The lowest BCUT2D eigenvalue weighted by atomic mass is 10.2. The van der Waals surface area contributed by atoms with Crippen LogP contribution < -0.4 is 15.6 Å². The van der Waals surface area contributed by atoms with Gasteiger partial charge >= 0.3 is 0 Å². The lowest BCUT2D eigenvalue weighted by Gasteiger charge is -2.11. The second-order valence-corrected chi connectivity index (χ2v) is 4.02. The fraction of sp³-hybridized carbons (Fsp3) is 0.182. The zero-order valence-electron chi connectivity index (χ0n) is 9.82. The Kier molecular flexibility index (Phi) is 3.47. The topological polar surface area (TPSA) is 79.9 Å². The molecule has 0 radical (unpaired) electrons. The standard InChI is InChI=1S/C11H11ClN4O2/c1-6-3-8(9(18-2)4-7(6)12)14-11-15-10(17)5-13-16-11/h3-5H,1-2H3,(H2,14,15,16,17). The van der Waals surface area contributed by atoms with Gasteiger partial charge in [-0.25, -0.2) is 0 Å². The molecule has 0 saturated carbocycles. The van der Waals surface area contributed by atoms with E-state index in [9.17, 15) is 4.79 Å². The molecule has 1 aromatic heterocycles. The van der Waals surface area contributed by atoms with Gasteiger partial charge in [0.15, 0.2) is 0 Å². The number of anilines is 2. The van der Waals surface area contributed by atoms with Crippen molar-refractivity contribution in [2.24, 2.45) is 0 Å². The first kappa shape index (κ1) is 12.4. The van der Waals surface area contributed by atoms with Crippen LogP contribution in [0.1, 0.15) is 5.56 Å². The Labute approximate surface area is 108 Å². The maximum absolute atomic E-state index is 11.1. The summed E-state index contributed by atoms with van der Waals surface area (Å²) in [7, 11) is 1.53. The van der Waals surface area contributed by atoms with Gasteiger partial charge in [-0.15, -0.1) is 10.2 Å². The highest BCUT2D eigenvalue weighted by Crippen LogP contribution is 2.31. The van der Waals surface area contributed by atoms with E-state index >= 15 is 0 Å². The third kappa shape index (κ3) is 2.60. The molecule has 0 bridgehead atoms. The number of methoxy groups -OCH3 is 1. The predicted octanol–water partition coefficient (Wildman–Crippen LogP) is 1.88. The number of benzene rings is 1. The molecule has 0 amide bonds. The van der Waals surface area contributed by atoms with Crippen molar-refractivity contribution in [1.82, 2.24) is 15.2 Å². The van der Waals surface area contributed by atoms with Gasteiger partial charge in [-0.1, -0.05) is 11.6 Å². The Bertz CT molecular complexity index is 627. The van der Waals surface area contributed by atoms with Crippen LogP contribution in [-0.4, -0.2) is 22.3 Å². The van der Waals surface area contributed by atoms with E-state index in [1.807, 2.05) is 6.92 Å². The largest absolute Gasteiger partial charge is 0.495 e. The second-order valence-electron chi connectivity index (χ2n) is 3.61. The molecule has 0 unspecified atom stereocenters. The van der Waals surface area contributed by atoms with Crippen LogP contribution in [0.4, 0.5) is 11.6 Å². The molecule has 7 heteroatoms. The molecule has 2 N–H and O–H groups in total. The molecule has 1 heterocycles. The van der Waals surface area contributed by atoms with Crippen LogP contribution in [0.2, 0.25) is 5.02 Å². The highest BCUT2D eigenvalue weighted by molar-refractivity contribution is 6.31. The number of aromatic amines is 1. The first-order chi connectivity index (χ1) is 8.60. The average molecular weight is 267 g/mol. The molecule has 2 rings (SSSR count). The Morgan fingerprint density at radius 3 is 2.89 bits per heavy atom. The lowest BCUT2D eigenvalue weighted by molar-refractivity contribution is 0.416. The molecule has 0 fully saturated rings. The molecular weight excluding hydrogens is 256 g/mol. The summed E-state index contributed by atoms with van der Waals surface area (Å²) in [6, 6.07) is 3.49. The van der Waals surface area contributed by atoms with E-state index in [-0.39, 0.29) is 11.5 Å². The number of hydrogen-bond donors (Lipinski definition) is 2. The van der Waals surface area contributed by atoms with Crippen molar-refractivity contribution in [3.8, 4) is 5.75 Å². The lowest BCUT2D eigenvalue weighted by Crippen LogP contribution is -2.11. The normalized spacial score (nSPS) is 10.2. The highest BCUT2D eigenvalue weighted by Gasteiger charge is 2.08. The third-order valence-corrected chi connectivity index (χ3v) is 2.72. The molecule has 0 aliphatic carbocycles. The Balaban J connectivity index is 2.39. The van der Waals surface area contributed by atoms with Crippen molar-refractivity contribution in [3.05, 3.63) is 39.3 Å². The molecule has 2 aromatic rings. The molecule has 1 aromatic carbocycles. The number of hydrogen-bond acceptors (Lipinski definition) is 5. The number of nitrogens with zero attached hydrogens (tertiary/aromatic N) is 2. The fourth-order valence-electron chi connectivity index (χ4n) is 1.43. The first-order valence-corrected chi connectivity index (χ1v) is 5.51. The molecule has 0 aliphatic heterocycles. The summed E-state index contributed by atoms with van der Waals surface area (Å²) in [5, 5.41) is 10.8. The van der Waals surface area contributed by atoms with Crippen molar-refractivity contribution >= 4 is 23.2 Å². The summed E-state index contributed by atoms with van der Waals surface area (Å²) >= 11 is 6.00. The van der Waals surface area contributed by atoms with Crippen LogP contribution >= 0.6 is 11.6 Å². The Hall–Kier alpha value is -2.08. The van der Waals surface area contributed by atoms with E-state index < -0.39 is 0 Å². The van der Waals surface area contributed by atoms with E-state index in [0.29, 0.717) is 16.5 Å². The average Bonchev–Trinajstić information content (AvgIpc) is 2.33. The minimum atomic E-state index is -0.336. The summed E-state index contributed by atoms with van der Waals surface area (Å²) in [4.78, 5) is 13.6. The van der Waals surface area contributed by atoms with Crippen LogP contribution in [0.15, 0.2) is 23.1 Å². The maximum Gasteiger partial charge on any atom is 0.271 e. The third-order valence-electron chi connectivity index (χ3n) is 2.31. The highest BCUT2D eigenvalue weighted by atomic mass is 35.5. The van der Waals surface area contributed by atoms with Gasteiger partial charge in [0.1, 0.15) is 11.9 Å². The summed E-state index contributed by atoms with van der Waals surface area (Å²) in [5.41, 5.74) is 1.19. The van der Waals surface area contributed by atoms with Crippen molar-refractivity contribution in [2.75, 3.05) is 12.4 Å². The number of rotatable bonds is 3. The van der Waals surface area contributed by atoms with Crippen molar-refractivity contribution in [3.63, 3.8) is 0 Å². The predicted molar refractivity (Wildman–Crippen MR) is 68.7 cm³/mol. The van der Waals surface area contributed by atoms with Crippen molar-refractivity contribution in [1.29, 1.82) is 0 Å². The number of aromatic nitrogens is 3. The monoisotopic (exact) mass is 266 g/mol. The molecule has 0 saturated heterocycles. The van der Waals surface area contributed by atoms with Gasteiger partial charge in [0.05, 0.1) is 12.8 Å². The first-order valence-electron chi connectivity index (χ1n) is 5.13. The Morgan fingerprint density at radius 1 is 1.44 bits per heavy atom. The number of nitrogens with one attached hydrogen (secondary N) is 2. The maximum atomic E-state index is 11.1. The van der Waals surface area contributed by atoms with E-state index in [2.05, 4.69) is 20.5 Å². The van der Waals surface area contributed by atoms with Crippen LogP contribution in [0.3, 0.4) is 0 Å². The second kappa shape index (κ2) is 5.05. The zero-order valence-corrected chi connectivity index (χ0v) is 10.6. The zero-order chi connectivity index (χ0) is 13.1. The summed E-state index contributed by atoms with van der Waals surface area (Å²) in [6.45, 7) is 1.87.